The Labute approximate surface area is 213 Å². The maximum absolute atomic E-state index is 13.6. The molecule has 1 aromatic carbocycles. The first-order valence-electron chi connectivity index (χ1n) is 12.4. The van der Waals surface area contributed by atoms with E-state index in [9.17, 15) is 19.2 Å². The molecule has 1 aliphatic rings. The quantitative estimate of drug-likeness (QED) is 0.356. The van der Waals surface area contributed by atoms with Gasteiger partial charge < -0.3 is 21.1 Å². The Balaban J connectivity index is 2.37. The molecule has 9 nitrogen and oxygen atoms in total. The minimum Gasteiger partial charge on any atom is -0.444 e. The van der Waals surface area contributed by atoms with E-state index in [2.05, 4.69) is 16.7 Å². The Bertz CT molecular complexity index is 971. The van der Waals surface area contributed by atoms with Crippen LogP contribution in [-0.4, -0.2) is 46.4 Å². The Kier molecular flexibility index (Phi) is 10.3. The number of ether oxygens (including phenoxy) is 1. The van der Waals surface area contributed by atoms with E-state index in [1.54, 1.807) is 32.9 Å². The van der Waals surface area contributed by atoms with Crippen molar-refractivity contribution < 1.29 is 23.9 Å². The molecule has 9 heteroatoms. The summed E-state index contributed by atoms with van der Waals surface area (Å²) in [6.45, 7) is 6.96. The molecule has 2 rings (SSSR count). The Morgan fingerprint density at radius 2 is 1.75 bits per heavy atom. The Morgan fingerprint density at radius 3 is 2.28 bits per heavy atom. The van der Waals surface area contributed by atoms with Crippen molar-refractivity contribution in [1.29, 1.82) is 0 Å². The number of rotatable bonds is 9. The second kappa shape index (κ2) is 13.0. The third-order valence-corrected chi connectivity index (χ3v) is 5.90. The topological polar surface area (TPSA) is 131 Å². The molecule has 0 aliphatic heterocycles. The molecule has 1 aromatic rings. The molecule has 4 N–H and O–H groups in total. The van der Waals surface area contributed by atoms with Gasteiger partial charge in [-0.15, -0.1) is 0 Å². The van der Waals surface area contributed by atoms with Crippen LogP contribution < -0.4 is 16.4 Å². The zero-order chi connectivity index (χ0) is 26.9. The average molecular weight is 499 g/mol. The van der Waals surface area contributed by atoms with Crippen molar-refractivity contribution in [3.05, 3.63) is 35.4 Å². The fourth-order valence-corrected chi connectivity index (χ4v) is 4.12. The molecule has 0 saturated heterocycles. The molecular formula is C27H38N4O5. The van der Waals surface area contributed by atoms with Crippen LogP contribution >= 0.6 is 0 Å². The summed E-state index contributed by atoms with van der Waals surface area (Å²) in [4.78, 5) is 52.0. The molecule has 36 heavy (non-hydrogen) atoms. The molecule has 2 unspecified atom stereocenters. The summed E-state index contributed by atoms with van der Waals surface area (Å²) in [7, 11) is 0. The molecule has 0 heterocycles. The van der Waals surface area contributed by atoms with Gasteiger partial charge in [-0.25, -0.2) is 4.79 Å². The van der Waals surface area contributed by atoms with Gasteiger partial charge in [-0.2, -0.15) is 0 Å². The second-order valence-electron chi connectivity index (χ2n) is 10.2. The summed E-state index contributed by atoms with van der Waals surface area (Å²) in [6.07, 6.45) is 9.54. The van der Waals surface area contributed by atoms with Gasteiger partial charge in [-0.1, -0.05) is 55.5 Å². The van der Waals surface area contributed by atoms with Gasteiger partial charge in [0.15, 0.2) is 0 Å². The monoisotopic (exact) mass is 498 g/mol. The van der Waals surface area contributed by atoms with Gasteiger partial charge in [0.2, 0.25) is 11.8 Å². The van der Waals surface area contributed by atoms with Gasteiger partial charge in [0.05, 0.1) is 0 Å². The van der Waals surface area contributed by atoms with Crippen LogP contribution in [-0.2, 0) is 19.1 Å². The van der Waals surface area contributed by atoms with Gasteiger partial charge in [0.25, 0.3) is 5.91 Å². The van der Waals surface area contributed by atoms with Crippen LogP contribution in [0.2, 0.25) is 0 Å². The number of alkyl carbamates (subject to hydrolysis) is 1. The molecule has 1 aliphatic carbocycles. The maximum Gasteiger partial charge on any atom is 0.408 e. The Hall–Kier alpha value is -3.54. The van der Waals surface area contributed by atoms with Crippen molar-refractivity contribution in [3.63, 3.8) is 0 Å². The van der Waals surface area contributed by atoms with Gasteiger partial charge in [-0.3, -0.25) is 19.3 Å². The molecule has 0 bridgehead atoms. The van der Waals surface area contributed by atoms with Gasteiger partial charge in [0, 0.05) is 18.5 Å². The van der Waals surface area contributed by atoms with E-state index < -0.39 is 41.5 Å². The number of benzene rings is 1. The highest BCUT2D eigenvalue weighted by molar-refractivity contribution is 5.93. The van der Waals surface area contributed by atoms with E-state index >= 15 is 0 Å². The number of nitrogens with two attached hydrogens (primary N) is 1. The van der Waals surface area contributed by atoms with Gasteiger partial charge >= 0.3 is 6.09 Å². The molecule has 0 radical (unpaired) electrons. The lowest BCUT2D eigenvalue weighted by Crippen LogP contribution is -2.52. The number of hydrogen-bond acceptors (Lipinski definition) is 5. The molecule has 1 saturated carbocycles. The fourth-order valence-electron chi connectivity index (χ4n) is 4.12. The molecule has 196 valence electrons. The van der Waals surface area contributed by atoms with Crippen molar-refractivity contribution >= 4 is 23.8 Å². The number of terminal acetylenes is 1. The van der Waals surface area contributed by atoms with E-state index in [1.165, 1.54) is 0 Å². The smallest absolute Gasteiger partial charge is 0.408 e. The van der Waals surface area contributed by atoms with E-state index in [1.807, 2.05) is 19.1 Å². The van der Waals surface area contributed by atoms with E-state index in [4.69, 9.17) is 16.9 Å². The van der Waals surface area contributed by atoms with E-state index in [0.29, 0.717) is 5.56 Å². The fraction of sp³-hybridized carbons (Fsp3) is 0.556. The third-order valence-electron chi connectivity index (χ3n) is 5.90. The standard InChI is InChI=1S/C27H38N4O5/c1-6-31(25(34)21(16-17-22(28)32)30-26(35)36-27(3,4)5)23(19-14-12-18(2)13-15-19)24(33)29-20-10-8-7-9-11-20/h1,12-15,20-21,23H,7-11,16-17H2,2-5H3,(H2,28,32)(H,29,33)(H,30,35). The lowest BCUT2D eigenvalue weighted by Gasteiger charge is -2.32. The Morgan fingerprint density at radius 1 is 1.14 bits per heavy atom. The zero-order valence-electron chi connectivity index (χ0n) is 21.6. The number of nitrogens with one attached hydrogen (secondary N) is 2. The lowest BCUT2D eigenvalue weighted by molar-refractivity contribution is -0.139. The summed E-state index contributed by atoms with van der Waals surface area (Å²) in [5, 5.41) is 5.54. The number of hydrogen-bond donors (Lipinski definition) is 3. The first-order chi connectivity index (χ1) is 16.9. The second-order valence-corrected chi connectivity index (χ2v) is 10.2. The summed E-state index contributed by atoms with van der Waals surface area (Å²) in [6, 6.07) is 7.15. The van der Waals surface area contributed by atoms with Crippen LogP contribution in [0.1, 0.15) is 82.9 Å². The predicted octanol–water partition coefficient (Wildman–Crippen LogP) is 3.06. The number of carbonyl (C=O) groups excluding carboxylic acids is 4. The van der Waals surface area contributed by atoms with Crippen molar-refractivity contribution in [3.8, 4) is 12.5 Å². The van der Waals surface area contributed by atoms with Crippen molar-refractivity contribution in [2.75, 3.05) is 0 Å². The SMILES string of the molecule is C#CN(C(=O)C(CCC(N)=O)NC(=O)OC(C)(C)C)C(C(=O)NC1CCCCC1)c1ccc(C)cc1. The van der Waals surface area contributed by atoms with Gasteiger partial charge in [-0.05, 0) is 52.5 Å². The van der Waals surface area contributed by atoms with Crippen LogP contribution in [0.4, 0.5) is 4.79 Å². The van der Waals surface area contributed by atoms with Crippen LogP contribution in [0.15, 0.2) is 24.3 Å². The van der Waals surface area contributed by atoms with Crippen LogP contribution in [0, 0.1) is 19.4 Å². The number of primary amides is 1. The van der Waals surface area contributed by atoms with Crippen LogP contribution in [0.25, 0.3) is 0 Å². The number of carbonyl (C=O) groups is 4. The van der Waals surface area contributed by atoms with Crippen LogP contribution in [0.3, 0.4) is 0 Å². The van der Waals surface area contributed by atoms with E-state index in [-0.39, 0.29) is 18.9 Å². The molecule has 2 atom stereocenters. The predicted molar refractivity (Wildman–Crippen MR) is 136 cm³/mol. The number of nitrogens with zero attached hydrogens (tertiary/aromatic N) is 1. The normalized spacial score (nSPS) is 15.6. The van der Waals surface area contributed by atoms with Crippen molar-refractivity contribution in [1.82, 2.24) is 15.5 Å². The molecule has 1 fully saturated rings. The average Bonchev–Trinajstić information content (AvgIpc) is 2.79. The summed E-state index contributed by atoms with van der Waals surface area (Å²) < 4.78 is 5.28. The maximum atomic E-state index is 13.6. The summed E-state index contributed by atoms with van der Waals surface area (Å²) in [5.74, 6) is -1.76. The molecule has 0 aromatic heterocycles. The zero-order valence-corrected chi connectivity index (χ0v) is 21.6. The minimum absolute atomic E-state index is 0.000489. The molecule has 4 amide bonds. The van der Waals surface area contributed by atoms with Gasteiger partial charge in [0.1, 0.15) is 17.7 Å². The third kappa shape index (κ3) is 8.91. The minimum atomic E-state index is -1.22. The molecule has 0 spiro atoms. The summed E-state index contributed by atoms with van der Waals surface area (Å²) in [5.41, 5.74) is 5.99. The van der Waals surface area contributed by atoms with Crippen LogP contribution in [0.5, 0.6) is 0 Å². The lowest BCUT2D eigenvalue weighted by atomic mass is 9.94. The van der Waals surface area contributed by atoms with Crippen molar-refractivity contribution in [2.24, 2.45) is 5.73 Å². The summed E-state index contributed by atoms with van der Waals surface area (Å²) >= 11 is 0. The first kappa shape index (κ1) is 28.7. The number of amides is 4. The van der Waals surface area contributed by atoms with E-state index in [0.717, 1.165) is 42.6 Å². The highest BCUT2D eigenvalue weighted by Crippen LogP contribution is 2.25. The first-order valence-corrected chi connectivity index (χ1v) is 12.4. The largest absolute Gasteiger partial charge is 0.444 e. The van der Waals surface area contributed by atoms with Crippen molar-refractivity contribution in [2.45, 2.75) is 96.4 Å². The number of aryl methyl sites for hydroxylation is 1. The highest BCUT2D eigenvalue weighted by atomic mass is 16.6. The molecular weight excluding hydrogens is 460 g/mol. The highest BCUT2D eigenvalue weighted by Gasteiger charge is 2.36.